The smallest absolute Gasteiger partial charge is 0.260 e. The van der Waals surface area contributed by atoms with E-state index in [-0.39, 0.29) is 12.4 Å². The molecule has 2 aliphatic rings. The number of pyridine rings is 1. The van der Waals surface area contributed by atoms with Crippen molar-refractivity contribution in [2.75, 3.05) is 39.4 Å². The highest BCUT2D eigenvalue weighted by molar-refractivity contribution is 6.22. The second-order valence-electron chi connectivity index (χ2n) is 7.48. The minimum atomic E-state index is -0.0728. The van der Waals surface area contributed by atoms with Gasteiger partial charge in [0.15, 0.2) is 11.5 Å². The van der Waals surface area contributed by atoms with Crippen LogP contribution >= 0.6 is 0 Å². The molecule has 0 radical (unpaired) electrons. The van der Waals surface area contributed by atoms with Gasteiger partial charge in [-0.2, -0.15) is 0 Å². The van der Waals surface area contributed by atoms with Crippen molar-refractivity contribution in [1.82, 2.24) is 19.8 Å². The Morgan fingerprint density at radius 1 is 1.27 bits per heavy atom. The molecule has 2 aromatic rings. The van der Waals surface area contributed by atoms with Gasteiger partial charge in [0.2, 0.25) is 0 Å². The summed E-state index contributed by atoms with van der Waals surface area (Å²) in [4.78, 5) is 19.3. The van der Waals surface area contributed by atoms with Crippen molar-refractivity contribution in [2.24, 2.45) is 4.99 Å². The number of hydrogen-bond acceptors (Lipinski definition) is 7. The van der Waals surface area contributed by atoms with Crippen molar-refractivity contribution in [3.05, 3.63) is 47.8 Å². The number of nitrogens with one attached hydrogen (secondary N) is 1. The molecule has 30 heavy (non-hydrogen) atoms. The molecule has 3 heterocycles. The van der Waals surface area contributed by atoms with E-state index in [1.54, 1.807) is 17.5 Å². The predicted octanol–water partition coefficient (Wildman–Crippen LogP) is 1.88. The monoisotopic (exact) mass is 409 g/mol. The molecule has 2 aromatic heterocycles. The lowest BCUT2D eigenvalue weighted by Crippen LogP contribution is -2.26. The van der Waals surface area contributed by atoms with Gasteiger partial charge in [-0.3, -0.25) is 9.69 Å². The zero-order valence-corrected chi connectivity index (χ0v) is 17.2. The van der Waals surface area contributed by atoms with Gasteiger partial charge in [0.05, 0.1) is 23.5 Å². The summed E-state index contributed by atoms with van der Waals surface area (Å²) in [6, 6.07) is 5.78. The van der Waals surface area contributed by atoms with E-state index in [4.69, 9.17) is 14.8 Å². The van der Waals surface area contributed by atoms with E-state index in [1.165, 1.54) is 18.9 Å². The van der Waals surface area contributed by atoms with E-state index >= 15 is 0 Å². The van der Waals surface area contributed by atoms with Crippen LogP contribution < -0.4 is 10.1 Å². The van der Waals surface area contributed by atoms with Crippen LogP contribution in [0.1, 0.15) is 19.8 Å². The Balaban J connectivity index is 1.65. The molecule has 0 spiro atoms. The number of ether oxygens (including phenoxy) is 1. The fourth-order valence-corrected chi connectivity index (χ4v) is 3.66. The third-order valence-electron chi connectivity index (χ3n) is 5.28. The first kappa shape index (κ1) is 20.3. The van der Waals surface area contributed by atoms with E-state index in [1.807, 2.05) is 24.4 Å². The van der Waals surface area contributed by atoms with E-state index in [2.05, 4.69) is 15.3 Å². The van der Waals surface area contributed by atoms with Gasteiger partial charge in [-0.15, -0.1) is 5.10 Å². The van der Waals surface area contributed by atoms with E-state index < -0.39 is 0 Å². The number of carbonyl (C=O) groups excluding carboxylic acids is 1. The zero-order valence-electron chi connectivity index (χ0n) is 17.2. The van der Waals surface area contributed by atoms with Crippen molar-refractivity contribution in [2.45, 2.75) is 19.8 Å². The molecule has 0 bridgehead atoms. The molecule has 8 heteroatoms. The molecule has 0 atom stereocenters. The number of allylic oxidation sites excluding steroid dienone is 3. The van der Waals surface area contributed by atoms with Crippen LogP contribution in [0.15, 0.2) is 52.8 Å². The Kier molecular flexibility index (Phi) is 6.25. The lowest BCUT2D eigenvalue weighted by molar-refractivity contribution is -0.111. The third-order valence-corrected chi connectivity index (χ3v) is 5.28. The number of nitrogens with zero attached hydrogens (tertiary/aromatic N) is 4. The van der Waals surface area contributed by atoms with Gasteiger partial charge in [-0.25, -0.2) is 9.51 Å². The normalized spacial score (nSPS) is 18.7. The van der Waals surface area contributed by atoms with Crippen molar-refractivity contribution in [3.63, 3.8) is 0 Å². The molecule has 1 saturated heterocycles. The van der Waals surface area contributed by atoms with Crippen LogP contribution in [0.3, 0.4) is 0 Å². The minimum Gasteiger partial charge on any atom is -0.474 e. The van der Waals surface area contributed by atoms with Gasteiger partial charge in [0, 0.05) is 25.4 Å². The number of aliphatic hydroxyl groups is 1. The summed E-state index contributed by atoms with van der Waals surface area (Å²) in [5.74, 6) is 0.397. The SMILES string of the molecule is CC1=CC(=Nc2c(OCCN3CCCC3)nn3ccccc23)C(NCCO)=CC1=O. The third kappa shape index (κ3) is 4.44. The molecule has 4 rings (SSSR count). The van der Waals surface area contributed by atoms with Gasteiger partial charge in [0.25, 0.3) is 5.88 Å². The number of aliphatic hydroxyl groups excluding tert-OH is 1. The van der Waals surface area contributed by atoms with Crippen LogP contribution in [0, 0.1) is 0 Å². The first-order valence-electron chi connectivity index (χ1n) is 10.4. The van der Waals surface area contributed by atoms with Crippen molar-refractivity contribution in [3.8, 4) is 5.88 Å². The van der Waals surface area contributed by atoms with Gasteiger partial charge >= 0.3 is 0 Å². The lowest BCUT2D eigenvalue weighted by Gasteiger charge is -2.16. The molecule has 0 aromatic carbocycles. The molecule has 0 amide bonds. The maximum absolute atomic E-state index is 12.1. The fraction of sp³-hybridized carbons (Fsp3) is 0.409. The molecule has 158 valence electrons. The average Bonchev–Trinajstić information content (AvgIpc) is 3.38. The number of hydrogen-bond donors (Lipinski definition) is 2. The zero-order chi connectivity index (χ0) is 20.9. The number of aromatic nitrogens is 2. The minimum absolute atomic E-state index is 0.0386. The van der Waals surface area contributed by atoms with Crippen LogP contribution in [-0.2, 0) is 4.79 Å². The molecule has 2 N–H and O–H groups in total. The highest BCUT2D eigenvalue weighted by Crippen LogP contribution is 2.33. The number of fused-ring (bicyclic) bond motifs is 1. The maximum Gasteiger partial charge on any atom is 0.260 e. The largest absolute Gasteiger partial charge is 0.474 e. The summed E-state index contributed by atoms with van der Waals surface area (Å²) in [5, 5.41) is 16.8. The van der Waals surface area contributed by atoms with Crippen molar-refractivity contribution < 1.29 is 14.6 Å². The molecule has 0 saturated carbocycles. The number of carbonyl (C=O) groups is 1. The van der Waals surface area contributed by atoms with Gasteiger partial charge in [-0.1, -0.05) is 6.07 Å². The van der Waals surface area contributed by atoms with Gasteiger partial charge < -0.3 is 15.2 Å². The topological polar surface area (TPSA) is 91.5 Å². The van der Waals surface area contributed by atoms with Crippen LogP contribution in [0.25, 0.3) is 5.52 Å². The summed E-state index contributed by atoms with van der Waals surface area (Å²) in [7, 11) is 0. The second kappa shape index (κ2) is 9.23. The van der Waals surface area contributed by atoms with Crippen LogP contribution in [0.2, 0.25) is 0 Å². The Hall–Kier alpha value is -2.97. The summed E-state index contributed by atoms with van der Waals surface area (Å²) in [6.07, 6.45) is 7.62. The Morgan fingerprint density at radius 3 is 2.90 bits per heavy atom. The number of rotatable bonds is 8. The first-order valence-corrected chi connectivity index (χ1v) is 10.4. The fourth-order valence-electron chi connectivity index (χ4n) is 3.66. The summed E-state index contributed by atoms with van der Waals surface area (Å²) < 4.78 is 7.79. The highest BCUT2D eigenvalue weighted by atomic mass is 16.5. The van der Waals surface area contributed by atoms with E-state index in [0.717, 1.165) is 25.2 Å². The molecule has 1 fully saturated rings. The number of likely N-dealkylation sites (tertiary alicyclic amines) is 1. The summed E-state index contributed by atoms with van der Waals surface area (Å²) in [6.45, 7) is 5.70. The Labute approximate surface area is 175 Å². The number of ketones is 1. The quantitative estimate of drug-likeness (QED) is 0.647. The summed E-state index contributed by atoms with van der Waals surface area (Å²) in [5.41, 5.74) is 3.26. The molecule has 1 aliphatic heterocycles. The average molecular weight is 409 g/mol. The maximum atomic E-state index is 12.1. The van der Waals surface area contributed by atoms with Gasteiger partial charge in [0.1, 0.15) is 6.61 Å². The Bertz CT molecular complexity index is 1010. The first-order chi connectivity index (χ1) is 14.7. The molecular weight excluding hydrogens is 382 g/mol. The summed E-state index contributed by atoms with van der Waals surface area (Å²) >= 11 is 0. The van der Waals surface area contributed by atoms with Crippen LogP contribution in [-0.4, -0.2) is 70.5 Å². The predicted molar refractivity (Wildman–Crippen MR) is 115 cm³/mol. The van der Waals surface area contributed by atoms with Crippen molar-refractivity contribution >= 4 is 22.7 Å². The molecule has 8 nitrogen and oxygen atoms in total. The highest BCUT2D eigenvalue weighted by Gasteiger charge is 2.20. The van der Waals surface area contributed by atoms with Crippen LogP contribution in [0.4, 0.5) is 5.69 Å². The number of aliphatic imine (C=N–C) groups is 1. The van der Waals surface area contributed by atoms with Crippen LogP contribution in [0.5, 0.6) is 5.88 Å². The van der Waals surface area contributed by atoms with Crippen molar-refractivity contribution in [1.29, 1.82) is 0 Å². The lowest BCUT2D eigenvalue weighted by atomic mass is 10.0. The molecule has 0 unspecified atom stereocenters. The van der Waals surface area contributed by atoms with Gasteiger partial charge in [-0.05, 0) is 56.6 Å². The molecular formula is C22H27N5O3. The van der Waals surface area contributed by atoms with E-state index in [0.29, 0.717) is 41.7 Å². The Morgan fingerprint density at radius 2 is 2.10 bits per heavy atom. The van der Waals surface area contributed by atoms with E-state index in [9.17, 15) is 4.79 Å². The molecule has 1 aliphatic carbocycles. The second-order valence-corrected chi connectivity index (χ2v) is 7.48. The standard InChI is InChI=1S/C22H27N5O3/c1-16-14-18(17(15-20(16)29)23-7-12-28)24-21-19-6-2-3-10-27(19)25-22(21)30-13-11-26-8-4-5-9-26/h2-3,6,10,14-15,23,28H,4-5,7-9,11-13H2,1H3.